The van der Waals surface area contributed by atoms with Gasteiger partial charge in [0.1, 0.15) is 5.82 Å². The van der Waals surface area contributed by atoms with Crippen molar-refractivity contribution >= 4 is 26.0 Å². The van der Waals surface area contributed by atoms with Crippen molar-refractivity contribution in [2.24, 2.45) is 0 Å². The van der Waals surface area contributed by atoms with E-state index in [1.54, 1.807) is 0 Å². The van der Waals surface area contributed by atoms with Crippen molar-refractivity contribution in [3.05, 3.63) is 28.5 Å². The molecule has 2 N–H and O–H groups in total. The summed E-state index contributed by atoms with van der Waals surface area (Å²) in [5.41, 5.74) is 0. The Balaban J connectivity index is 2.52. The first kappa shape index (κ1) is 16.6. The molecule has 4 nitrogen and oxygen atoms in total. The van der Waals surface area contributed by atoms with Gasteiger partial charge in [-0.25, -0.2) is 17.5 Å². The lowest BCUT2D eigenvalue weighted by atomic mass is 10.2. The van der Waals surface area contributed by atoms with Crippen LogP contribution in [-0.2, 0) is 10.0 Å². The summed E-state index contributed by atoms with van der Waals surface area (Å²) in [7, 11) is -3.61. The van der Waals surface area contributed by atoms with Crippen LogP contribution in [0.4, 0.5) is 4.39 Å². The average molecular weight is 354 g/mol. The molecule has 0 bridgehead atoms. The highest BCUT2D eigenvalue weighted by Crippen LogP contribution is 2.22. The maximum Gasteiger partial charge on any atom is 0.241 e. The van der Waals surface area contributed by atoms with Crippen LogP contribution in [0.25, 0.3) is 0 Å². The fourth-order valence-corrected chi connectivity index (χ4v) is 3.69. The van der Waals surface area contributed by atoms with Crippen LogP contribution in [0.2, 0.25) is 0 Å². The van der Waals surface area contributed by atoms with Crippen molar-refractivity contribution in [1.82, 2.24) is 4.72 Å². The molecule has 1 aromatic carbocycles. The highest BCUT2D eigenvalue weighted by molar-refractivity contribution is 9.10. The minimum atomic E-state index is -3.61. The van der Waals surface area contributed by atoms with Crippen molar-refractivity contribution in [1.29, 1.82) is 0 Å². The summed E-state index contributed by atoms with van der Waals surface area (Å²) in [5.74, 6) is -0.491. The summed E-state index contributed by atoms with van der Waals surface area (Å²) in [6, 6.07) is 3.46. The van der Waals surface area contributed by atoms with Crippen LogP contribution in [0.5, 0.6) is 0 Å². The van der Waals surface area contributed by atoms with Crippen LogP contribution in [0.15, 0.2) is 27.6 Å². The van der Waals surface area contributed by atoms with E-state index in [1.165, 1.54) is 6.07 Å². The maximum atomic E-state index is 12.9. The largest absolute Gasteiger partial charge is 0.396 e. The van der Waals surface area contributed by atoms with Crippen molar-refractivity contribution in [2.45, 2.75) is 30.6 Å². The standard InChI is InChI=1S/C12H17BrFNO3S/c13-11-9-10(14)5-6-12(11)19(17,18)15-7-3-1-2-4-8-16/h5-6,9,15-16H,1-4,7-8H2. The Labute approximate surface area is 121 Å². The highest BCUT2D eigenvalue weighted by Gasteiger charge is 2.17. The first-order valence-corrected chi connectivity index (χ1v) is 8.30. The molecule has 7 heteroatoms. The second kappa shape index (κ2) is 7.94. The summed E-state index contributed by atoms with van der Waals surface area (Å²) in [5, 5.41) is 8.61. The number of hydrogen-bond donors (Lipinski definition) is 2. The molecule has 0 spiro atoms. The van der Waals surface area contributed by atoms with Gasteiger partial charge >= 0.3 is 0 Å². The lowest BCUT2D eigenvalue weighted by Gasteiger charge is -2.08. The van der Waals surface area contributed by atoms with E-state index in [1.807, 2.05) is 0 Å². The first-order valence-electron chi connectivity index (χ1n) is 6.03. The predicted octanol–water partition coefficient (Wildman–Crippen LogP) is 2.42. The molecule has 0 fully saturated rings. The molecule has 0 saturated heterocycles. The van der Waals surface area contributed by atoms with Gasteiger partial charge in [0.25, 0.3) is 0 Å². The van der Waals surface area contributed by atoms with Gasteiger partial charge in [0.2, 0.25) is 10.0 Å². The lowest BCUT2D eigenvalue weighted by Crippen LogP contribution is -2.25. The lowest BCUT2D eigenvalue weighted by molar-refractivity contribution is 0.282. The topological polar surface area (TPSA) is 66.4 Å². The molecule has 0 radical (unpaired) electrons. The van der Waals surface area contributed by atoms with E-state index < -0.39 is 15.8 Å². The first-order chi connectivity index (χ1) is 8.97. The number of aliphatic hydroxyl groups is 1. The molecule has 0 aliphatic heterocycles. The van der Waals surface area contributed by atoms with E-state index in [2.05, 4.69) is 20.7 Å². The smallest absolute Gasteiger partial charge is 0.241 e. The summed E-state index contributed by atoms with van der Waals surface area (Å²) < 4.78 is 39.5. The molecule has 108 valence electrons. The molecule has 1 rings (SSSR count). The zero-order valence-corrected chi connectivity index (χ0v) is 12.8. The minimum Gasteiger partial charge on any atom is -0.396 e. The van der Waals surface area contributed by atoms with Gasteiger partial charge in [-0.3, -0.25) is 0 Å². The van der Waals surface area contributed by atoms with Crippen molar-refractivity contribution in [3.8, 4) is 0 Å². The normalized spacial score (nSPS) is 11.7. The van der Waals surface area contributed by atoms with E-state index in [9.17, 15) is 12.8 Å². The van der Waals surface area contributed by atoms with E-state index in [-0.39, 0.29) is 16.0 Å². The third-order valence-corrected chi connectivity index (χ3v) is 5.00. The van der Waals surface area contributed by atoms with Crippen LogP contribution in [0.1, 0.15) is 25.7 Å². The number of sulfonamides is 1. The van der Waals surface area contributed by atoms with Crippen molar-refractivity contribution in [3.63, 3.8) is 0 Å². The van der Waals surface area contributed by atoms with Crippen molar-refractivity contribution < 1.29 is 17.9 Å². The van der Waals surface area contributed by atoms with Gasteiger partial charge < -0.3 is 5.11 Å². The second-order valence-corrected chi connectivity index (χ2v) is 6.70. The Kier molecular flexibility index (Phi) is 6.92. The molecular weight excluding hydrogens is 337 g/mol. The van der Waals surface area contributed by atoms with Gasteiger partial charge in [-0.2, -0.15) is 0 Å². The number of benzene rings is 1. The van der Waals surface area contributed by atoms with Crippen LogP contribution in [0.3, 0.4) is 0 Å². The number of nitrogens with one attached hydrogen (secondary N) is 1. The fourth-order valence-electron chi connectivity index (χ4n) is 1.57. The van der Waals surface area contributed by atoms with Crippen molar-refractivity contribution in [2.75, 3.05) is 13.2 Å². The second-order valence-electron chi connectivity index (χ2n) is 4.11. The van der Waals surface area contributed by atoms with Crippen LogP contribution < -0.4 is 4.72 Å². The fraction of sp³-hybridized carbons (Fsp3) is 0.500. The number of unbranched alkanes of at least 4 members (excludes halogenated alkanes) is 3. The summed E-state index contributed by atoms with van der Waals surface area (Å²) in [6.45, 7) is 0.492. The molecule has 19 heavy (non-hydrogen) atoms. The van der Waals surface area contributed by atoms with Crippen LogP contribution in [-0.4, -0.2) is 26.7 Å². The SMILES string of the molecule is O=S(=O)(NCCCCCCO)c1ccc(F)cc1Br. The zero-order valence-electron chi connectivity index (χ0n) is 10.4. The Morgan fingerprint density at radius 3 is 2.53 bits per heavy atom. The third-order valence-electron chi connectivity index (χ3n) is 2.56. The highest BCUT2D eigenvalue weighted by atomic mass is 79.9. The van der Waals surface area contributed by atoms with E-state index in [0.29, 0.717) is 13.0 Å². The maximum absolute atomic E-state index is 12.9. The van der Waals surface area contributed by atoms with Gasteiger partial charge in [-0.1, -0.05) is 12.8 Å². The van der Waals surface area contributed by atoms with Gasteiger partial charge in [0.15, 0.2) is 0 Å². The molecule has 0 aromatic heterocycles. The van der Waals surface area contributed by atoms with Crippen LogP contribution >= 0.6 is 15.9 Å². The monoisotopic (exact) mass is 353 g/mol. The van der Waals surface area contributed by atoms with E-state index in [0.717, 1.165) is 31.4 Å². The molecular formula is C12H17BrFNO3S. The van der Waals surface area contributed by atoms with E-state index >= 15 is 0 Å². The molecule has 0 unspecified atom stereocenters. The van der Waals surface area contributed by atoms with Gasteiger partial charge in [0.05, 0.1) is 4.90 Å². The number of hydrogen-bond acceptors (Lipinski definition) is 3. The Hall–Kier alpha value is -0.500. The summed E-state index contributed by atoms with van der Waals surface area (Å²) in [4.78, 5) is 0.0317. The number of halogens is 2. The number of aliphatic hydroxyl groups excluding tert-OH is 1. The number of rotatable bonds is 8. The Bertz CT molecular complexity index is 508. The molecule has 0 aliphatic carbocycles. The molecule has 0 saturated carbocycles. The molecule has 0 amide bonds. The Morgan fingerprint density at radius 2 is 1.89 bits per heavy atom. The van der Waals surface area contributed by atoms with Crippen LogP contribution in [0, 0.1) is 5.82 Å². The van der Waals surface area contributed by atoms with Gasteiger partial charge in [-0.05, 0) is 47.0 Å². The molecule has 0 atom stereocenters. The molecule has 1 aromatic rings. The summed E-state index contributed by atoms with van der Waals surface area (Å²) in [6.07, 6.45) is 3.17. The third kappa shape index (κ3) is 5.56. The minimum absolute atomic E-state index is 0.0317. The molecule has 0 aliphatic rings. The Morgan fingerprint density at radius 1 is 1.21 bits per heavy atom. The average Bonchev–Trinajstić information content (AvgIpc) is 2.33. The summed E-state index contributed by atoms with van der Waals surface area (Å²) >= 11 is 3.04. The van der Waals surface area contributed by atoms with Gasteiger partial charge in [-0.15, -0.1) is 0 Å². The van der Waals surface area contributed by atoms with E-state index in [4.69, 9.17) is 5.11 Å². The predicted molar refractivity (Wildman–Crippen MR) is 74.8 cm³/mol. The quantitative estimate of drug-likeness (QED) is 0.705. The molecule has 0 heterocycles. The van der Waals surface area contributed by atoms with Gasteiger partial charge in [0, 0.05) is 17.6 Å². The zero-order chi connectivity index (χ0) is 14.3.